The van der Waals surface area contributed by atoms with Crippen LogP contribution in [0, 0.1) is 0 Å². The maximum atomic E-state index is 11.5. The van der Waals surface area contributed by atoms with Crippen molar-refractivity contribution in [3.63, 3.8) is 0 Å². The summed E-state index contributed by atoms with van der Waals surface area (Å²) < 4.78 is 32.4. The molecule has 0 saturated carbocycles. The summed E-state index contributed by atoms with van der Waals surface area (Å²) in [5.74, 6) is 0. The number of hydrogen-bond donors (Lipinski definition) is 2. The van der Waals surface area contributed by atoms with Gasteiger partial charge in [0.1, 0.15) is 4.90 Å². The average molecular weight is 291 g/mol. The van der Waals surface area contributed by atoms with Gasteiger partial charge in [-0.25, -0.2) is 0 Å². The maximum absolute atomic E-state index is 11.5. The van der Waals surface area contributed by atoms with Gasteiger partial charge >= 0.3 is 0 Å². The van der Waals surface area contributed by atoms with E-state index in [0.29, 0.717) is 12.2 Å². The summed E-state index contributed by atoms with van der Waals surface area (Å²) in [6.45, 7) is 2.62. The molecule has 4 nitrogen and oxygen atoms in total. The van der Waals surface area contributed by atoms with E-state index >= 15 is 0 Å². The molecule has 2 aromatic rings. The predicted molar refractivity (Wildman–Crippen MR) is 80.5 cm³/mol. The second-order valence-corrected chi connectivity index (χ2v) is 5.84. The summed E-state index contributed by atoms with van der Waals surface area (Å²) in [4.78, 5) is -0.0905. The lowest BCUT2D eigenvalue weighted by Crippen LogP contribution is -2.08. The number of rotatable bonds is 5. The van der Waals surface area contributed by atoms with Crippen LogP contribution in [-0.4, -0.2) is 19.5 Å². The molecule has 2 rings (SSSR count). The topological polar surface area (TPSA) is 66.4 Å². The van der Waals surface area contributed by atoms with E-state index in [9.17, 15) is 13.0 Å². The molecular weight excluding hydrogens is 274 g/mol. The number of benzene rings is 2. The second-order valence-electron chi connectivity index (χ2n) is 4.45. The molecule has 2 aromatic carbocycles. The molecule has 0 aliphatic rings. The normalized spacial score (nSPS) is 11.3. The fourth-order valence-corrected chi connectivity index (χ4v) is 2.73. The van der Waals surface area contributed by atoms with Gasteiger partial charge in [0.2, 0.25) is 0 Å². The van der Waals surface area contributed by atoms with Crippen molar-refractivity contribution in [3.05, 3.63) is 48.5 Å². The molecule has 0 amide bonds. The van der Waals surface area contributed by atoms with Crippen molar-refractivity contribution in [1.29, 1.82) is 0 Å². The van der Waals surface area contributed by atoms with Gasteiger partial charge in [-0.1, -0.05) is 49.4 Å². The van der Waals surface area contributed by atoms with Gasteiger partial charge in [-0.3, -0.25) is 4.55 Å². The van der Waals surface area contributed by atoms with Crippen LogP contribution in [0.15, 0.2) is 53.4 Å². The van der Waals surface area contributed by atoms with E-state index in [0.717, 1.165) is 17.5 Å². The van der Waals surface area contributed by atoms with Crippen molar-refractivity contribution in [2.45, 2.75) is 18.2 Å². The highest BCUT2D eigenvalue weighted by Crippen LogP contribution is 2.33. The van der Waals surface area contributed by atoms with Crippen molar-refractivity contribution in [2.24, 2.45) is 0 Å². The number of anilines is 1. The van der Waals surface area contributed by atoms with Gasteiger partial charge in [0.05, 0.1) is 5.69 Å². The first-order valence-corrected chi connectivity index (χ1v) is 7.88. The molecule has 0 aliphatic heterocycles. The third-order valence-corrected chi connectivity index (χ3v) is 3.84. The Hall–Kier alpha value is -1.85. The number of hydrogen-bond acceptors (Lipinski definition) is 3. The lowest BCUT2D eigenvalue weighted by molar-refractivity contribution is 0.483. The molecule has 5 heteroatoms. The van der Waals surface area contributed by atoms with Gasteiger partial charge in [0.15, 0.2) is 0 Å². The predicted octanol–water partition coefficient (Wildman–Crippen LogP) is 3.42. The van der Waals surface area contributed by atoms with E-state index in [1.807, 2.05) is 43.3 Å². The Morgan fingerprint density at radius 1 is 1.05 bits per heavy atom. The molecular formula is C15H17NO3S. The van der Waals surface area contributed by atoms with Crippen LogP contribution in [0.5, 0.6) is 0 Å². The van der Waals surface area contributed by atoms with Crippen LogP contribution in [0.4, 0.5) is 5.69 Å². The third kappa shape index (κ3) is 3.18. The highest BCUT2D eigenvalue weighted by atomic mass is 32.2. The fourth-order valence-electron chi connectivity index (χ4n) is 2.04. The largest absolute Gasteiger partial charge is 0.383 e. The minimum atomic E-state index is -4.26. The zero-order chi connectivity index (χ0) is 14.6. The quantitative estimate of drug-likeness (QED) is 0.828. The van der Waals surface area contributed by atoms with Crippen molar-refractivity contribution in [3.8, 4) is 11.1 Å². The Morgan fingerprint density at radius 2 is 1.75 bits per heavy atom. The standard InChI is InChI=1S/C15H17NO3S/c1-2-11-16-15-13(12-7-4-3-5-8-12)9-6-10-14(15)20(17,18)19/h3-10,16H,2,11H2,1H3,(H,17,18,19). The Bertz CT molecular complexity index is 682. The molecule has 0 fully saturated rings. The molecule has 0 heterocycles. The van der Waals surface area contributed by atoms with E-state index in [-0.39, 0.29) is 4.90 Å². The minimum absolute atomic E-state index is 0.0905. The zero-order valence-corrected chi connectivity index (χ0v) is 12.0. The van der Waals surface area contributed by atoms with Gasteiger partial charge in [0, 0.05) is 12.1 Å². The SMILES string of the molecule is CCCNc1c(-c2ccccc2)cccc1S(=O)(=O)O. The summed E-state index contributed by atoms with van der Waals surface area (Å²) in [7, 11) is -4.26. The van der Waals surface area contributed by atoms with Gasteiger partial charge < -0.3 is 5.32 Å². The van der Waals surface area contributed by atoms with Gasteiger partial charge in [-0.05, 0) is 18.1 Å². The van der Waals surface area contributed by atoms with Crippen LogP contribution >= 0.6 is 0 Å². The van der Waals surface area contributed by atoms with E-state index in [2.05, 4.69) is 5.32 Å². The van der Waals surface area contributed by atoms with Crippen molar-refractivity contribution in [1.82, 2.24) is 0 Å². The molecule has 0 atom stereocenters. The Balaban J connectivity index is 2.62. The monoisotopic (exact) mass is 291 g/mol. The molecule has 20 heavy (non-hydrogen) atoms. The molecule has 0 bridgehead atoms. The summed E-state index contributed by atoms with van der Waals surface area (Å²) in [5.41, 5.74) is 2.11. The molecule has 106 valence electrons. The molecule has 2 N–H and O–H groups in total. The Morgan fingerprint density at radius 3 is 2.35 bits per heavy atom. The van der Waals surface area contributed by atoms with E-state index in [1.54, 1.807) is 6.07 Å². The molecule has 0 unspecified atom stereocenters. The van der Waals surface area contributed by atoms with Crippen molar-refractivity contribution >= 4 is 15.8 Å². The first kappa shape index (κ1) is 14.6. The molecule has 0 spiro atoms. The van der Waals surface area contributed by atoms with Crippen molar-refractivity contribution in [2.75, 3.05) is 11.9 Å². The fraction of sp³-hybridized carbons (Fsp3) is 0.200. The van der Waals surface area contributed by atoms with Crippen molar-refractivity contribution < 1.29 is 13.0 Å². The van der Waals surface area contributed by atoms with Crippen LogP contribution in [0.1, 0.15) is 13.3 Å². The van der Waals surface area contributed by atoms with Crippen LogP contribution in [0.25, 0.3) is 11.1 Å². The lowest BCUT2D eigenvalue weighted by atomic mass is 10.0. The minimum Gasteiger partial charge on any atom is -0.383 e. The lowest BCUT2D eigenvalue weighted by Gasteiger charge is -2.15. The summed E-state index contributed by atoms with van der Waals surface area (Å²) >= 11 is 0. The number of para-hydroxylation sites is 1. The molecule has 0 radical (unpaired) electrons. The smallest absolute Gasteiger partial charge is 0.296 e. The Labute approximate surface area is 119 Å². The summed E-state index contributed by atoms with van der Waals surface area (Å²) in [5, 5.41) is 3.10. The van der Waals surface area contributed by atoms with E-state index in [4.69, 9.17) is 0 Å². The highest BCUT2D eigenvalue weighted by molar-refractivity contribution is 7.86. The second kappa shape index (κ2) is 6.07. The van der Waals surface area contributed by atoms with Crippen LogP contribution < -0.4 is 5.32 Å². The van der Waals surface area contributed by atoms with Crippen LogP contribution in [0.2, 0.25) is 0 Å². The average Bonchev–Trinajstić information content (AvgIpc) is 2.44. The molecule has 0 saturated heterocycles. The summed E-state index contributed by atoms with van der Waals surface area (Å²) in [6, 6.07) is 14.3. The third-order valence-electron chi connectivity index (χ3n) is 2.94. The van der Waals surface area contributed by atoms with Crippen LogP contribution in [0.3, 0.4) is 0 Å². The van der Waals surface area contributed by atoms with Gasteiger partial charge in [-0.2, -0.15) is 8.42 Å². The zero-order valence-electron chi connectivity index (χ0n) is 11.2. The first-order chi connectivity index (χ1) is 9.54. The maximum Gasteiger partial charge on any atom is 0.296 e. The number of nitrogens with one attached hydrogen (secondary N) is 1. The summed E-state index contributed by atoms with van der Waals surface area (Å²) in [6.07, 6.45) is 0.855. The molecule has 0 aromatic heterocycles. The van der Waals surface area contributed by atoms with Gasteiger partial charge in [0.25, 0.3) is 10.1 Å². The van der Waals surface area contributed by atoms with E-state index in [1.165, 1.54) is 6.07 Å². The highest BCUT2D eigenvalue weighted by Gasteiger charge is 2.18. The van der Waals surface area contributed by atoms with Gasteiger partial charge in [-0.15, -0.1) is 0 Å². The Kier molecular flexibility index (Phi) is 4.42. The first-order valence-electron chi connectivity index (χ1n) is 6.44. The molecule has 0 aliphatic carbocycles. The van der Waals surface area contributed by atoms with Crippen LogP contribution in [-0.2, 0) is 10.1 Å². The van der Waals surface area contributed by atoms with E-state index < -0.39 is 10.1 Å².